The van der Waals surface area contributed by atoms with Crippen LogP contribution in [0.15, 0.2) is 0 Å². The fraction of sp³-hybridized carbons (Fsp3) is 0.789. The lowest BCUT2D eigenvalue weighted by atomic mass is 9.81. The number of hydrogen-bond acceptors (Lipinski definition) is 5. The van der Waals surface area contributed by atoms with Crippen LogP contribution in [0.25, 0.3) is 0 Å². The van der Waals surface area contributed by atoms with E-state index in [0.29, 0.717) is 0 Å². The summed E-state index contributed by atoms with van der Waals surface area (Å²) in [6, 6.07) is 0. The molecule has 0 saturated carbocycles. The third-order valence-corrected chi connectivity index (χ3v) is 6.13. The van der Waals surface area contributed by atoms with Crippen LogP contribution in [0.1, 0.15) is 67.2 Å². The lowest BCUT2D eigenvalue weighted by Gasteiger charge is -2.25. The molecule has 1 saturated heterocycles. The molecule has 7 heteroatoms. The fourth-order valence-electron chi connectivity index (χ4n) is 2.71. The van der Waals surface area contributed by atoms with Crippen LogP contribution in [0, 0.1) is 5.41 Å². The molecular formula is C19H32N2O4S. The van der Waals surface area contributed by atoms with Crippen molar-refractivity contribution in [3.8, 4) is 0 Å². The van der Waals surface area contributed by atoms with E-state index in [0.717, 1.165) is 17.7 Å². The van der Waals surface area contributed by atoms with Crippen LogP contribution in [0.2, 0.25) is 0 Å². The molecule has 1 aliphatic rings. The Hall–Kier alpha value is -1.37. The van der Waals surface area contributed by atoms with Crippen LogP contribution in [0.4, 0.5) is 0 Å². The first-order valence-corrected chi connectivity index (χ1v) is 10.3. The lowest BCUT2D eigenvalue weighted by Crippen LogP contribution is -2.42. The van der Waals surface area contributed by atoms with E-state index in [4.69, 9.17) is 0 Å². The van der Waals surface area contributed by atoms with E-state index in [-0.39, 0.29) is 59.6 Å². The summed E-state index contributed by atoms with van der Waals surface area (Å²) in [7, 11) is 0. The van der Waals surface area contributed by atoms with E-state index in [9.17, 15) is 19.2 Å². The molecule has 0 aromatic rings. The van der Waals surface area contributed by atoms with Crippen molar-refractivity contribution in [2.75, 3.05) is 12.3 Å². The van der Waals surface area contributed by atoms with E-state index in [1.807, 2.05) is 41.5 Å². The van der Waals surface area contributed by atoms with Crippen molar-refractivity contribution in [2.24, 2.45) is 5.41 Å². The molecule has 3 amide bonds. The van der Waals surface area contributed by atoms with Gasteiger partial charge in [0, 0.05) is 30.3 Å². The number of rotatable bonds is 9. The minimum atomic E-state index is -0.518. The van der Waals surface area contributed by atoms with Crippen molar-refractivity contribution in [2.45, 2.75) is 78.0 Å². The van der Waals surface area contributed by atoms with Gasteiger partial charge in [-0.15, -0.1) is 11.8 Å². The Morgan fingerprint density at radius 1 is 1.15 bits per heavy atom. The van der Waals surface area contributed by atoms with Crippen LogP contribution in [0.3, 0.4) is 0 Å². The SMILES string of the molecule is CCC(C)(CC)C(=O)CSC1CC(=O)N(CCC(=O)NC(C)(C)C)C1=O. The summed E-state index contributed by atoms with van der Waals surface area (Å²) in [6.45, 7) is 11.6. The lowest BCUT2D eigenvalue weighted by molar-refractivity contribution is -0.138. The summed E-state index contributed by atoms with van der Waals surface area (Å²) in [5, 5.41) is 2.30. The van der Waals surface area contributed by atoms with Gasteiger partial charge in [0.2, 0.25) is 17.7 Å². The van der Waals surface area contributed by atoms with Gasteiger partial charge in [0.15, 0.2) is 0 Å². The van der Waals surface area contributed by atoms with Gasteiger partial charge in [0.25, 0.3) is 0 Å². The Bertz CT molecular complexity index is 564. The van der Waals surface area contributed by atoms with Crippen molar-refractivity contribution in [1.29, 1.82) is 0 Å². The smallest absolute Gasteiger partial charge is 0.242 e. The Kier molecular flexibility index (Phi) is 7.86. The minimum absolute atomic E-state index is 0.0895. The molecule has 0 spiro atoms. The zero-order valence-corrected chi connectivity index (χ0v) is 17.6. The normalized spacial score (nSPS) is 18.4. The van der Waals surface area contributed by atoms with Gasteiger partial charge in [0.05, 0.1) is 11.0 Å². The predicted molar refractivity (Wildman–Crippen MR) is 104 cm³/mol. The third-order valence-electron chi connectivity index (χ3n) is 4.93. The highest BCUT2D eigenvalue weighted by atomic mass is 32.2. The summed E-state index contributed by atoms with van der Waals surface area (Å²) in [4.78, 5) is 50.0. The first-order valence-electron chi connectivity index (χ1n) is 9.23. The molecule has 0 radical (unpaired) electrons. The van der Waals surface area contributed by atoms with E-state index in [2.05, 4.69) is 5.32 Å². The Balaban J connectivity index is 2.56. The zero-order chi connectivity index (χ0) is 20.1. The summed E-state index contributed by atoms with van der Waals surface area (Å²) < 4.78 is 0. The maximum Gasteiger partial charge on any atom is 0.242 e. The average molecular weight is 385 g/mol. The van der Waals surface area contributed by atoms with Gasteiger partial charge in [0.1, 0.15) is 5.78 Å². The monoisotopic (exact) mass is 384 g/mol. The Morgan fingerprint density at radius 3 is 2.23 bits per heavy atom. The van der Waals surface area contributed by atoms with Crippen LogP contribution in [-0.4, -0.2) is 51.5 Å². The second-order valence-corrected chi connectivity index (χ2v) is 9.32. The van der Waals surface area contributed by atoms with E-state index in [1.165, 1.54) is 11.8 Å². The van der Waals surface area contributed by atoms with E-state index < -0.39 is 5.25 Å². The second kappa shape index (κ2) is 9.02. The van der Waals surface area contributed by atoms with Crippen LogP contribution in [-0.2, 0) is 19.2 Å². The number of nitrogens with one attached hydrogen (secondary N) is 1. The van der Waals surface area contributed by atoms with E-state index >= 15 is 0 Å². The van der Waals surface area contributed by atoms with Crippen molar-refractivity contribution >= 4 is 35.3 Å². The van der Waals surface area contributed by atoms with Gasteiger partial charge in [-0.2, -0.15) is 0 Å². The minimum Gasteiger partial charge on any atom is -0.351 e. The standard InChI is InChI=1S/C19H32N2O4S/c1-7-19(6,8-2)14(22)12-26-13-11-16(24)21(17(13)25)10-9-15(23)20-18(3,4)5/h13H,7-12H2,1-6H3,(H,20,23). The predicted octanol–water partition coefficient (Wildman–Crippen LogP) is 2.55. The molecule has 0 aromatic carbocycles. The van der Waals surface area contributed by atoms with Crippen LogP contribution < -0.4 is 5.32 Å². The summed E-state index contributed by atoms with van der Waals surface area (Å²) in [5.74, 6) is -0.384. The first-order chi connectivity index (χ1) is 11.9. The molecule has 0 aliphatic carbocycles. The highest BCUT2D eigenvalue weighted by Gasteiger charge is 2.40. The number of amides is 3. The highest BCUT2D eigenvalue weighted by Crippen LogP contribution is 2.31. The van der Waals surface area contributed by atoms with Crippen LogP contribution in [0.5, 0.6) is 0 Å². The molecule has 6 nitrogen and oxygen atoms in total. The van der Waals surface area contributed by atoms with Crippen LogP contribution >= 0.6 is 11.8 Å². The quantitative estimate of drug-likeness (QED) is 0.618. The molecule has 1 atom stereocenters. The third kappa shape index (κ3) is 6.11. The topological polar surface area (TPSA) is 83.6 Å². The van der Waals surface area contributed by atoms with E-state index in [1.54, 1.807) is 0 Å². The molecule has 1 aliphatic heterocycles. The molecule has 1 rings (SSSR count). The van der Waals surface area contributed by atoms with Gasteiger partial charge in [-0.05, 0) is 33.6 Å². The highest BCUT2D eigenvalue weighted by molar-refractivity contribution is 8.01. The number of imide groups is 1. The largest absolute Gasteiger partial charge is 0.351 e. The molecular weight excluding hydrogens is 352 g/mol. The molecule has 0 bridgehead atoms. The van der Waals surface area contributed by atoms with Crippen molar-refractivity contribution in [3.05, 3.63) is 0 Å². The zero-order valence-electron chi connectivity index (χ0n) is 16.8. The number of nitrogens with zero attached hydrogens (tertiary/aromatic N) is 1. The summed E-state index contributed by atoms with van der Waals surface area (Å²) in [5.41, 5.74) is -0.719. The summed E-state index contributed by atoms with van der Waals surface area (Å²) >= 11 is 1.25. The fourth-order valence-corrected chi connectivity index (χ4v) is 3.94. The number of carbonyl (C=O) groups excluding carboxylic acids is 4. The Labute approximate surface area is 160 Å². The average Bonchev–Trinajstić information content (AvgIpc) is 2.82. The van der Waals surface area contributed by atoms with Gasteiger partial charge in [-0.25, -0.2) is 0 Å². The maximum absolute atomic E-state index is 12.5. The Morgan fingerprint density at radius 2 is 1.73 bits per heavy atom. The van der Waals surface area contributed by atoms with Gasteiger partial charge < -0.3 is 5.32 Å². The second-order valence-electron chi connectivity index (χ2n) is 8.13. The first kappa shape index (κ1) is 22.7. The molecule has 1 fully saturated rings. The van der Waals surface area contributed by atoms with Crippen molar-refractivity contribution in [3.63, 3.8) is 0 Å². The number of likely N-dealkylation sites (tertiary alicyclic amines) is 1. The summed E-state index contributed by atoms with van der Waals surface area (Å²) in [6.07, 6.45) is 1.71. The van der Waals surface area contributed by atoms with Gasteiger partial charge in [-0.3, -0.25) is 24.1 Å². The number of thioether (sulfide) groups is 1. The molecule has 1 N–H and O–H groups in total. The molecule has 0 aromatic heterocycles. The number of carbonyl (C=O) groups is 4. The number of ketones is 1. The van der Waals surface area contributed by atoms with Gasteiger partial charge in [-0.1, -0.05) is 20.8 Å². The van der Waals surface area contributed by atoms with Gasteiger partial charge >= 0.3 is 0 Å². The molecule has 148 valence electrons. The maximum atomic E-state index is 12.5. The van der Waals surface area contributed by atoms with Crippen molar-refractivity contribution < 1.29 is 19.2 Å². The van der Waals surface area contributed by atoms with Crippen molar-refractivity contribution in [1.82, 2.24) is 10.2 Å². The molecule has 26 heavy (non-hydrogen) atoms. The number of Topliss-reactive ketones (excluding diaryl/α,β-unsaturated/α-hetero) is 1. The molecule has 1 heterocycles. The molecule has 1 unspecified atom stereocenters. The number of hydrogen-bond donors (Lipinski definition) is 1.